The van der Waals surface area contributed by atoms with E-state index in [2.05, 4.69) is 36.7 Å². The van der Waals surface area contributed by atoms with Crippen molar-refractivity contribution in [3.63, 3.8) is 0 Å². The lowest BCUT2D eigenvalue weighted by Crippen LogP contribution is -2.55. The van der Waals surface area contributed by atoms with Gasteiger partial charge in [0, 0.05) is 37.8 Å². The molecule has 0 spiro atoms. The molecule has 1 atom stereocenters. The average Bonchev–Trinajstić information content (AvgIpc) is 2.17. The van der Waals surface area contributed by atoms with Crippen molar-refractivity contribution in [2.75, 3.05) is 26.2 Å². The van der Waals surface area contributed by atoms with Crippen molar-refractivity contribution in [2.24, 2.45) is 0 Å². The van der Waals surface area contributed by atoms with Crippen molar-refractivity contribution in [1.82, 2.24) is 16.0 Å². The molecular weight excluding hydrogens is 162 g/mol. The van der Waals surface area contributed by atoms with E-state index in [0.717, 1.165) is 26.2 Å². The second kappa shape index (κ2) is 4.94. The van der Waals surface area contributed by atoms with Crippen LogP contribution < -0.4 is 16.0 Å². The predicted molar refractivity (Wildman–Crippen MR) is 57.0 cm³/mol. The van der Waals surface area contributed by atoms with Crippen LogP contribution >= 0.6 is 0 Å². The summed E-state index contributed by atoms with van der Waals surface area (Å²) in [7, 11) is 0. The van der Waals surface area contributed by atoms with Gasteiger partial charge < -0.3 is 16.0 Å². The fourth-order valence-corrected chi connectivity index (χ4v) is 1.38. The van der Waals surface area contributed by atoms with Gasteiger partial charge in [-0.05, 0) is 20.3 Å². The quantitative estimate of drug-likeness (QED) is 0.590. The lowest BCUT2D eigenvalue weighted by atomic mass is 10.0. The van der Waals surface area contributed by atoms with Crippen LogP contribution in [0.25, 0.3) is 0 Å². The smallest absolute Gasteiger partial charge is 0.0318 e. The molecule has 3 nitrogen and oxygen atoms in total. The Balaban J connectivity index is 2.17. The van der Waals surface area contributed by atoms with Crippen LogP contribution in [0.5, 0.6) is 0 Å². The zero-order chi connectivity index (χ0) is 9.73. The van der Waals surface area contributed by atoms with Gasteiger partial charge in [-0.15, -0.1) is 0 Å². The first kappa shape index (κ1) is 11.0. The maximum Gasteiger partial charge on any atom is 0.0318 e. The average molecular weight is 185 g/mol. The summed E-state index contributed by atoms with van der Waals surface area (Å²) in [5.41, 5.74) is 0.277. The van der Waals surface area contributed by atoms with Crippen molar-refractivity contribution in [3.8, 4) is 0 Å². The summed E-state index contributed by atoms with van der Waals surface area (Å²) in [6.45, 7) is 11.1. The van der Waals surface area contributed by atoms with E-state index in [-0.39, 0.29) is 5.54 Å². The van der Waals surface area contributed by atoms with E-state index in [9.17, 15) is 0 Å². The first-order chi connectivity index (χ1) is 6.14. The molecular formula is C10H23N3. The largest absolute Gasteiger partial charge is 0.314 e. The maximum absolute atomic E-state index is 3.58. The molecule has 3 heteroatoms. The minimum absolute atomic E-state index is 0.277. The van der Waals surface area contributed by atoms with Crippen LogP contribution in [0.2, 0.25) is 0 Å². The molecule has 1 unspecified atom stereocenters. The number of piperazine rings is 1. The van der Waals surface area contributed by atoms with Gasteiger partial charge in [0.1, 0.15) is 0 Å². The van der Waals surface area contributed by atoms with E-state index in [4.69, 9.17) is 0 Å². The minimum Gasteiger partial charge on any atom is -0.314 e. The highest BCUT2D eigenvalue weighted by atomic mass is 15.1. The molecule has 0 amide bonds. The summed E-state index contributed by atoms with van der Waals surface area (Å²) in [5, 5.41) is 10.5. The van der Waals surface area contributed by atoms with E-state index in [1.54, 1.807) is 0 Å². The zero-order valence-electron chi connectivity index (χ0n) is 9.11. The van der Waals surface area contributed by atoms with E-state index < -0.39 is 0 Å². The molecule has 0 aromatic heterocycles. The van der Waals surface area contributed by atoms with Crippen molar-refractivity contribution in [1.29, 1.82) is 0 Å². The number of hydrogen-bond donors (Lipinski definition) is 3. The van der Waals surface area contributed by atoms with E-state index in [1.165, 1.54) is 6.42 Å². The summed E-state index contributed by atoms with van der Waals surface area (Å²) < 4.78 is 0. The Kier molecular flexibility index (Phi) is 4.16. The van der Waals surface area contributed by atoms with Crippen molar-refractivity contribution < 1.29 is 0 Å². The van der Waals surface area contributed by atoms with Crippen molar-refractivity contribution >= 4 is 0 Å². The van der Waals surface area contributed by atoms with Gasteiger partial charge in [0.15, 0.2) is 0 Å². The third-order valence-electron chi connectivity index (χ3n) is 2.84. The second-order valence-corrected chi connectivity index (χ2v) is 4.47. The van der Waals surface area contributed by atoms with Crippen LogP contribution in [-0.2, 0) is 0 Å². The molecule has 1 fully saturated rings. The first-order valence-electron chi connectivity index (χ1n) is 5.33. The van der Waals surface area contributed by atoms with E-state index in [0.29, 0.717) is 6.04 Å². The van der Waals surface area contributed by atoms with Crippen LogP contribution in [0.15, 0.2) is 0 Å². The molecule has 1 heterocycles. The van der Waals surface area contributed by atoms with E-state index >= 15 is 0 Å². The van der Waals surface area contributed by atoms with Gasteiger partial charge in [0.05, 0.1) is 0 Å². The Morgan fingerprint density at radius 1 is 1.38 bits per heavy atom. The van der Waals surface area contributed by atoms with Gasteiger partial charge in [0.2, 0.25) is 0 Å². The van der Waals surface area contributed by atoms with Gasteiger partial charge in [-0.3, -0.25) is 0 Å². The van der Waals surface area contributed by atoms with Gasteiger partial charge in [-0.2, -0.15) is 0 Å². The van der Waals surface area contributed by atoms with Crippen LogP contribution in [0.3, 0.4) is 0 Å². The topological polar surface area (TPSA) is 36.1 Å². The van der Waals surface area contributed by atoms with Gasteiger partial charge in [-0.25, -0.2) is 0 Å². The summed E-state index contributed by atoms with van der Waals surface area (Å²) in [4.78, 5) is 0. The van der Waals surface area contributed by atoms with Crippen LogP contribution in [-0.4, -0.2) is 37.8 Å². The highest BCUT2D eigenvalue weighted by molar-refractivity contribution is 4.82. The van der Waals surface area contributed by atoms with Crippen LogP contribution in [0, 0.1) is 0 Å². The fourth-order valence-electron chi connectivity index (χ4n) is 1.38. The molecule has 13 heavy (non-hydrogen) atoms. The molecule has 0 saturated carbocycles. The molecule has 1 saturated heterocycles. The zero-order valence-corrected chi connectivity index (χ0v) is 9.11. The fraction of sp³-hybridized carbons (Fsp3) is 1.00. The Hall–Kier alpha value is -0.120. The standard InChI is InChI=1S/C10H23N3/c1-4-10(2,3)13-8-9-7-11-5-6-12-9/h9,11-13H,4-8H2,1-3H3. The number of rotatable bonds is 4. The number of nitrogens with one attached hydrogen (secondary N) is 3. The van der Waals surface area contributed by atoms with Gasteiger partial charge in [-0.1, -0.05) is 6.92 Å². The Bertz CT molecular complexity index is 139. The maximum atomic E-state index is 3.58. The Morgan fingerprint density at radius 2 is 2.15 bits per heavy atom. The molecule has 0 radical (unpaired) electrons. The third-order valence-corrected chi connectivity index (χ3v) is 2.84. The highest BCUT2D eigenvalue weighted by Crippen LogP contribution is 2.06. The monoisotopic (exact) mass is 185 g/mol. The Labute approximate surface area is 81.7 Å². The molecule has 3 N–H and O–H groups in total. The molecule has 1 rings (SSSR count). The molecule has 0 bridgehead atoms. The summed E-state index contributed by atoms with van der Waals surface area (Å²) in [6.07, 6.45) is 1.17. The first-order valence-corrected chi connectivity index (χ1v) is 5.33. The van der Waals surface area contributed by atoms with Crippen molar-refractivity contribution in [3.05, 3.63) is 0 Å². The van der Waals surface area contributed by atoms with Gasteiger partial charge >= 0.3 is 0 Å². The second-order valence-electron chi connectivity index (χ2n) is 4.47. The lowest BCUT2D eigenvalue weighted by molar-refractivity contribution is 0.324. The van der Waals surface area contributed by atoms with Crippen LogP contribution in [0.4, 0.5) is 0 Å². The molecule has 0 aromatic carbocycles. The summed E-state index contributed by atoms with van der Waals surface area (Å²) in [5.74, 6) is 0. The highest BCUT2D eigenvalue weighted by Gasteiger charge is 2.17. The lowest BCUT2D eigenvalue weighted by Gasteiger charge is -2.30. The summed E-state index contributed by atoms with van der Waals surface area (Å²) >= 11 is 0. The molecule has 1 aliphatic heterocycles. The SMILES string of the molecule is CCC(C)(C)NCC1CNCCN1. The summed E-state index contributed by atoms with van der Waals surface area (Å²) in [6, 6.07) is 0.597. The van der Waals surface area contributed by atoms with E-state index in [1.807, 2.05) is 0 Å². The molecule has 1 aliphatic rings. The third kappa shape index (κ3) is 4.07. The molecule has 0 aliphatic carbocycles. The Morgan fingerprint density at radius 3 is 2.69 bits per heavy atom. The van der Waals surface area contributed by atoms with Crippen molar-refractivity contribution in [2.45, 2.75) is 38.8 Å². The minimum atomic E-state index is 0.277. The molecule has 78 valence electrons. The number of hydrogen-bond acceptors (Lipinski definition) is 3. The van der Waals surface area contributed by atoms with Gasteiger partial charge in [0.25, 0.3) is 0 Å². The predicted octanol–water partition coefficient (Wildman–Crippen LogP) is 0.326. The normalized spacial score (nSPS) is 24.7. The van der Waals surface area contributed by atoms with Crippen LogP contribution in [0.1, 0.15) is 27.2 Å². The molecule has 0 aromatic rings.